The molecular weight excluding hydrogens is 168 g/mol. The largest absolute Gasteiger partial charge is 0.481 e. The van der Waals surface area contributed by atoms with Gasteiger partial charge in [0.15, 0.2) is 0 Å². The van der Waals surface area contributed by atoms with Crippen LogP contribution < -0.4 is 10.5 Å². The first-order chi connectivity index (χ1) is 6.15. The summed E-state index contributed by atoms with van der Waals surface area (Å²) in [6.07, 6.45) is 1.03. The van der Waals surface area contributed by atoms with Crippen LogP contribution >= 0.6 is 0 Å². The second-order valence-electron chi connectivity index (χ2n) is 2.90. The van der Waals surface area contributed by atoms with E-state index in [0.29, 0.717) is 5.88 Å². The fourth-order valence-electron chi connectivity index (χ4n) is 0.988. The van der Waals surface area contributed by atoms with Gasteiger partial charge in [0.25, 0.3) is 0 Å². The van der Waals surface area contributed by atoms with E-state index in [4.69, 9.17) is 10.5 Å². The maximum Gasteiger partial charge on any atom is 0.212 e. The molecule has 0 aliphatic carbocycles. The van der Waals surface area contributed by atoms with Crippen LogP contribution in [0.4, 0.5) is 0 Å². The summed E-state index contributed by atoms with van der Waals surface area (Å²) in [4.78, 5) is 3.99. The Morgan fingerprint density at radius 2 is 2.23 bits per heavy atom. The molecule has 3 N–H and O–H groups in total. The van der Waals surface area contributed by atoms with Crippen molar-refractivity contribution in [1.29, 1.82) is 0 Å². The van der Waals surface area contributed by atoms with E-state index in [9.17, 15) is 5.11 Å². The van der Waals surface area contributed by atoms with E-state index in [1.54, 1.807) is 32.4 Å². The third-order valence-electron chi connectivity index (χ3n) is 1.87. The van der Waals surface area contributed by atoms with Gasteiger partial charge in [0, 0.05) is 12.3 Å². The zero-order chi connectivity index (χ0) is 9.84. The van der Waals surface area contributed by atoms with Crippen LogP contribution in [0.25, 0.3) is 0 Å². The maximum absolute atomic E-state index is 9.22. The van der Waals surface area contributed by atoms with Crippen molar-refractivity contribution in [2.45, 2.75) is 19.1 Å². The number of methoxy groups -OCH3 is 1. The van der Waals surface area contributed by atoms with E-state index in [1.807, 2.05) is 0 Å². The summed E-state index contributed by atoms with van der Waals surface area (Å²) in [6.45, 7) is 1.65. The molecule has 0 bridgehead atoms. The van der Waals surface area contributed by atoms with Crippen molar-refractivity contribution < 1.29 is 9.84 Å². The standard InChI is InChI=1S/C9H14N2O2/c1-6(12)9(10)7-3-4-8(13-2)11-5-7/h3-6,9,12H,10H2,1-2H3/t6-,9+/m0/s1. The maximum atomic E-state index is 9.22. The molecule has 0 saturated carbocycles. The van der Waals surface area contributed by atoms with E-state index in [0.717, 1.165) is 5.56 Å². The average Bonchev–Trinajstić information content (AvgIpc) is 2.17. The van der Waals surface area contributed by atoms with Gasteiger partial charge in [-0.15, -0.1) is 0 Å². The van der Waals surface area contributed by atoms with E-state index in [-0.39, 0.29) is 0 Å². The van der Waals surface area contributed by atoms with Gasteiger partial charge in [0.05, 0.1) is 19.3 Å². The third-order valence-corrected chi connectivity index (χ3v) is 1.87. The van der Waals surface area contributed by atoms with Crippen molar-refractivity contribution >= 4 is 0 Å². The Balaban J connectivity index is 2.79. The van der Waals surface area contributed by atoms with Crippen molar-refractivity contribution in [1.82, 2.24) is 4.98 Å². The van der Waals surface area contributed by atoms with Crippen molar-refractivity contribution in [3.05, 3.63) is 23.9 Å². The number of hydrogen-bond acceptors (Lipinski definition) is 4. The zero-order valence-corrected chi connectivity index (χ0v) is 7.77. The van der Waals surface area contributed by atoms with Gasteiger partial charge in [-0.05, 0) is 12.5 Å². The molecule has 1 aromatic rings. The minimum atomic E-state index is -0.574. The molecule has 0 aliphatic heterocycles. The number of rotatable bonds is 3. The summed E-state index contributed by atoms with van der Waals surface area (Å²) in [7, 11) is 1.55. The number of aliphatic hydroxyl groups is 1. The fraction of sp³-hybridized carbons (Fsp3) is 0.444. The third kappa shape index (κ3) is 2.40. The highest BCUT2D eigenvalue weighted by molar-refractivity contribution is 5.21. The van der Waals surface area contributed by atoms with E-state index < -0.39 is 12.1 Å². The quantitative estimate of drug-likeness (QED) is 0.713. The molecule has 0 amide bonds. The van der Waals surface area contributed by atoms with Crippen LogP contribution in [0.2, 0.25) is 0 Å². The molecule has 0 aromatic carbocycles. The molecule has 1 heterocycles. The summed E-state index contributed by atoms with van der Waals surface area (Å²) in [5, 5.41) is 9.22. The molecule has 1 rings (SSSR count). The van der Waals surface area contributed by atoms with Gasteiger partial charge in [-0.2, -0.15) is 0 Å². The Hall–Kier alpha value is -1.13. The van der Waals surface area contributed by atoms with E-state index in [2.05, 4.69) is 4.98 Å². The Bertz CT molecular complexity index is 259. The summed E-state index contributed by atoms with van der Waals surface area (Å²) in [5.74, 6) is 0.543. The van der Waals surface area contributed by atoms with Crippen molar-refractivity contribution in [2.75, 3.05) is 7.11 Å². The molecule has 2 atom stereocenters. The van der Waals surface area contributed by atoms with Gasteiger partial charge in [0.1, 0.15) is 0 Å². The molecule has 0 fully saturated rings. The molecular formula is C9H14N2O2. The van der Waals surface area contributed by atoms with Gasteiger partial charge in [-0.1, -0.05) is 6.07 Å². The number of hydrogen-bond donors (Lipinski definition) is 2. The van der Waals surface area contributed by atoms with Crippen molar-refractivity contribution in [2.24, 2.45) is 5.73 Å². The lowest BCUT2D eigenvalue weighted by atomic mass is 10.1. The molecule has 0 spiro atoms. The summed E-state index contributed by atoms with van der Waals surface area (Å²) < 4.78 is 4.89. The SMILES string of the molecule is COc1ccc([C@H](N)[C@H](C)O)cn1. The van der Waals surface area contributed by atoms with E-state index >= 15 is 0 Å². The van der Waals surface area contributed by atoms with Crippen LogP contribution in [0.3, 0.4) is 0 Å². The summed E-state index contributed by atoms with van der Waals surface area (Å²) >= 11 is 0. The van der Waals surface area contributed by atoms with Crippen LogP contribution in [0, 0.1) is 0 Å². The topological polar surface area (TPSA) is 68.4 Å². The van der Waals surface area contributed by atoms with Gasteiger partial charge in [0.2, 0.25) is 5.88 Å². The average molecular weight is 182 g/mol. The smallest absolute Gasteiger partial charge is 0.212 e. The van der Waals surface area contributed by atoms with Gasteiger partial charge in [-0.3, -0.25) is 0 Å². The molecule has 1 aromatic heterocycles. The minimum Gasteiger partial charge on any atom is -0.481 e. The highest BCUT2D eigenvalue weighted by Crippen LogP contribution is 2.15. The molecule has 4 heteroatoms. The van der Waals surface area contributed by atoms with Crippen LogP contribution in [-0.2, 0) is 0 Å². The lowest BCUT2D eigenvalue weighted by Crippen LogP contribution is -2.23. The lowest BCUT2D eigenvalue weighted by Gasteiger charge is -2.14. The molecule has 0 unspecified atom stereocenters. The number of nitrogens with zero attached hydrogens (tertiary/aromatic N) is 1. The zero-order valence-electron chi connectivity index (χ0n) is 7.77. The normalized spacial score (nSPS) is 15.1. The molecule has 0 saturated heterocycles. The Morgan fingerprint density at radius 1 is 1.54 bits per heavy atom. The lowest BCUT2D eigenvalue weighted by molar-refractivity contribution is 0.164. The highest BCUT2D eigenvalue weighted by Gasteiger charge is 2.11. The number of pyridine rings is 1. The van der Waals surface area contributed by atoms with Gasteiger partial charge in [-0.25, -0.2) is 4.98 Å². The van der Waals surface area contributed by atoms with Crippen LogP contribution in [0.1, 0.15) is 18.5 Å². The van der Waals surface area contributed by atoms with Crippen LogP contribution in [0.15, 0.2) is 18.3 Å². The van der Waals surface area contributed by atoms with E-state index in [1.165, 1.54) is 0 Å². The molecule has 4 nitrogen and oxygen atoms in total. The van der Waals surface area contributed by atoms with Crippen molar-refractivity contribution in [3.63, 3.8) is 0 Å². The highest BCUT2D eigenvalue weighted by atomic mass is 16.5. The monoisotopic (exact) mass is 182 g/mol. The number of aromatic nitrogens is 1. The van der Waals surface area contributed by atoms with Crippen LogP contribution in [-0.4, -0.2) is 23.3 Å². The Kier molecular flexibility index (Phi) is 3.22. The Morgan fingerprint density at radius 3 is 2.62 bits per heavy atom. The molecule has 0 aliphatic rings. The predicted octanol–water partition coefficient (Wildman–Crippen LogP) is 0.471. The van der Waals surface area contributed by atoms with Gasteiger partial charge >= 0.3 is 0 Å². The van der Waals surface area contributed by atoms with Crippen LogP contribution in [0.5, 0.6) is 5.88 Å². The summed E-state index contributed by atoms with van der Waals surface area (Å²) in [5.41, 5.74) is 6.50. The first-order valence-electron chi connectivity index (χ1n) is 4.08. The second-order valence-corrected chi connectivity index (χ2v) is 2.90. The fourth-order valence-corrected chi connectivity index (χ4v) is 0.988. The number of ether oxygens (including phenoxy) is 1. The molecule has 13 heavy (non-hydrogen) atoms. The molecule has 0 radical (unpaired) electrons. The van der Waals surface area contributed by atoms with Gasteiger partial charge < -0.3 is 15.6 Å². The summed E-state index contributed by atoms with van der Waals surface area (Å²) in [6, 6.07) is 3.12. The molecule has 72 valence electrons. The minimum absolute atomic E-state index is 0.390. The first-order valence-corrected chi connectivity index (χ1v) is 4.08. The van der Waals surface area contributed by atoms with Crippen molar-refractivity contribution in [3.8, 4) is 5.88 Å². The first kappa shape index (κ1) is 9.95. The predicted molar refractivity (Wildman–Crippen MR) is 49.4 cm³/mol. The second kappa shape index (κ2) is 4.20. The number of aliphatic hydroxyl groups excluding tert-OH is 1. The Labute approximate surface area is 77.4 Å². The number of nitrogens with two attached hydrogens (primary N) is 1.